The van der Waals surface area contributed by atoms with Crippen LogP contribution in [0.2, 0.25) is 0 Å². The Bertz CT molecular complexity index is 486. The quantitative estimate of drug-likeness (QED) is 0.817. The van der Waals surface area contributed by atoms with E-state index in [1.165, 1.54) is 31.4 Å². The zero-order valence-corrected chi connectivity index (χ0v) is 14.8. The molecule has 0 aliphatic carbocycles. The SMILES string of the molecule is CN1C2CCC1CN(Cc1cc(Br)c(O)c(Br)c1)CC2. The maximum absolute atomic E-state index is 9.79. The highest BCUT2D eigenvalue weighted by molar-refractivity contribution is 9.11. The van der Waals surface area contributed by atoms with Crippen LogP contribution in [0.3, 0.4) is 0 Å². The summed E-state index contributed by atoms with van der Waals surface area (Å²) in [7, 11) is 2.28. The fraction of sp³-hybridized carbons (Fsp3) is 0.600. The average molecular weight is 404 g/mol. The van der Waals surface area contributed by atoms with E-state index in [4.69, 9.17) is 0 Å². The van der Waals surface area contributed by atoms with Gasteiger partial charge in [0, 0.05) is 31.7 Å². The molecule has 2 aliphatic heterocycles. The van der Waals surface area contributed by atoms with Crippen molar-refractivity contribution in [3.63, 3.8) is 0 Å². The van der Waals surface area contributed by atoms with Crippen molar-refractivity contribution >= 4 is 31.9 Å². The minimum atomic E-state index is 0.281. The lowest BCUT2D eigenvalue weighted by Crippen LogP contribution is -2.36. The Hall–Kier alpha value is -0.100. The number of likely N-dealkylation sites (N-methyl/N-ethyl adjacent to an activating group) is 1. The second kappa shape index (κ2) is 5.95. The molecule has 3 rings (SSSR count). The second-order valence-corrected chi connectivity index (χ2v) is 7.69. The first-order chi connectivity index (χ1) is 9.54. The molecule has 2 bridgehead atoms. The molecular formula is C15H20Br2N2O. The van der Waals surface area contributed by atoms with Gasteiger partial charge in [-0.25, -0.2) is 0 Å². The van der Waals surface area contributed by atoms with E-state index in [1.54, 1.807) is 0 Å². The summed E-state index contributed by atoms with van der Waals surface area (Å²) in [6.45, 7) is 3.28. The molecule has 2 atom stereocenters. The van der Waals surface area contributed by atoms with Crippen molar-refractivity contribution in [3.8, 4) is 5.75 Å². The molecule has 2 aliphatic rings. The van der Waals surface area contributed by atoms with Gasteiger partial charge >= 0.3 is 0 Å². The number of nitrogens with zero attached hydrogens (tertiary/aromatic N) is 2. The smallest absolute Gasteiger partial charge is 0.143 e. The number of phenols is 1. The molecule has 1 N–H and O–H groups in total. The standard InChI is InChI=1S/C15H20Br2N2O/c1-18-11-2-3-12(18)9-19(5-4-11)8-10-6-13(16)15(20)14(17)7-10/h6-7,11-12,20H,2-5,8-9H2,1H3. The van der Waals surface area contributed by atoms with Crippen molar-refractivity contribution in [2.45, 2.75) is 37.9 Å². The average Bonchev–Trinajstić information content (AvgIpc) is 2.64. The molecular weight excluding hydrogens is 384 g/mol. The van der Waals surface area contributed by atoms with Gasteiger partial charge in [-0.3, -0.25) is 9.80 Å². The Kier molecular flexibility index (Phi) is 4.41. The van der Waals surface area contributed by atoms with Crippen LogP contribution in [0.15, 0.2) is 21.1 Å². The van der Waals surface area contributed by atoms with Gasteiger partial charge in [0.05, 0.1) is 8.95 Å². The number of aromatic hydroxyl groups is 1. The minimum Gasteiger partial charge on any atom is -0.506 e. The summed E-state index contributed by atoms with van der Waals surface area (Å²) < 4.78 is 1.52. The monoisotopic (exact) mass is 402 g/mol. The topological polar surface area (TPSA) is 26.7 Å². The number of likely N-dealkylation sites (tertiary alicyclic amines) is 1. The van der Waals surface area contributed by atoms with Gasteiger partial charge in [0.2, 0.25) is 0 Å². The summed E-state index contributed by atoms with van der Waals surface area (Å²) in [5, 5.41) is 9.79. The normalized spacial score (nSPS) is 27.8. The summed E-state index contributed by atoms with van der Waals surface area (Å²) in [6.07, 6.45) is 3.97. The summed E-state index contributed by atoms with van der Waals surface area (Å²) in [5.74, 6) is 0.281. The van der Waals surface area contributed by atoms with Gasteiger partial charge in [-0.1, -0.05) is 0 Å². The minimum absolute atomic E-state index is 0.281. The molecule has 0 saturated carbocycles. The van der Waals surface area contributed by atoms with Gasteiger partial charge in [-0.2, -0.15) is 0 Å². The number of benzene rings is 1. The second-order valence-electron chi connectivity index (χ2n) is 5.98. The van der Waals surface area contributed by atoms with Crippen LogP contribution in [0.4, 0.5) is 0 Å². The third-order valence-electron chi connectivity index (χ3n) is 4.72. The van der Waals surface area contributed by atoms with E-state index < -0.39 is 0 Å². The van der Waals surface area contributed by atoms with Crippen molar-refractivity contribution in [3.05, 3.63) is 26.6 Å². The molecule has 5 heteroatoms. The predicted octanol–water partition coefficient (Wildman–Crippen LogP) is 3.59. The van der Waals surface area contributed by atoms with Crippen LogP contribution < -0.4 is 0 Å². The van der Waals surface area contributed by atoms with Crippen LogP contribution in [0, 0.1) is 0 Å². The predicted molar refractivity (Wildman–Crippen MR) is 88.0 cm³/mol. The largest absolute Gasteiger partial charge is 0.506 e. The molecule has 2 saturated heterocycles. The summed E-state index contributed by atoms with van der Waals surface area (Å²) in [4.78, 5) is 5.12. The number of rotatable bonds is 2. The Morgan fingerprint density at radius 2 is 1.80 bits per heavy atom. The van der Waals surface area contributed by atoms with Gasteiger partial charge in [0.25, 0.3) is 0 Å². The number of halogens is 2. The van der Waals surface area contributed by atoms with Gasteiger partial charge < -0.3 is 5.11 Å². The molecule has 0 amide bonds. The van der Waals surface area contributed by atoms with Crippen LogP contribution in [-0.4, -0.2) is 47.1 Å². The Morgan fingerprint density at radius 1 is 1.15 bits per heavy atom. The first-order valence-electron chi connectivity index (χ1n) is 7.16. The molecule has 0 radical (unpaired) electrons. The highest BCUT2D eigenvalue weighted by atomic mass is 79.9. The zero-order chi connectivity index (χ0) is 14.3. The van der Waals surface area contributed by atoms with Crippen molar-refractivity contribution in [1.82, 2.24) is 9.80 Å². The fourth-order valence-electron chi connectivity index (χ4n) is 3.49. The molecule has 0 aromatic heterocycles. The number of fused-ring (bicyclic) bond motifs is 2. The van der Waals surface area contributed by atoms with Gasteiger partial charge in [0.15, 0.2) is 0 Å². The Morgan fingerprint density at radius 3 is 2.50 bits per heavy atom. The van der Waals surface area contributed by atoms with Crippen LogP contribution >= 0.6 is 31.9 Å². The maximum Gasteiger partial charge on any atom is 0.143 e. The Balaban J connectivity index is 1.72. The van der Waals surface area contributed by atoms with Gasteiger partial charge in [0.1, 0.15) is 5.75 Å². The fourth-order valence-corrected chi connectivity index (χ4v) is 4.77. The number of hydrogen-bond donors (Lipinski definition) is 1. The van der Waals surface area contributed by atoms with Crippen molar-refractivity contribution in [1.29, 1.82) is 0 Å². The Labute approximate surface area is 137 Å². The van der Waals surface area contributed by atoms with E-state index in [1.807, 2.05) is 12.1 Å². The molecule has 110 valence electrons. The number of phenolic OH excluding ortho intramolecular Hbond substituents is 1. The molecule has 2 heterocycles. The highest BCUT2D eigenvalue weighted by Crippen LogP contribution is 2.34. The zero-order valence-electron chi connectivity index (χ0n) is 11.6. The van der Waals surface area contributed by atoms with E-state index in [0.29, 0.717) is 6.04 Å². The summed E-state index contributed by atoms with van der Waals surface area (Å²) >= 11 is 6.83. The maximum atomic E-state index is 9.79. The van der Waals surface area contributed by atoms with E-state index in [2.05, 4.69) is 48.7 Å². The summed E-state index contributed by atoms with van der Waals surface area (Å²) in [5.41, 5.74) is 1.24. The third kappa shape index (κ3) is 2.91. The molecule has 2 unspecified atom stereocenters. The van der Waals surface area contributed by atoms with E-state index in [9.17, 15) is 5.11 Å². The van der Waals surface area contributed by atoms with Crippen LogP contribution in [-0.2, 0) is 6.54 Å². The van der Waals surface area contributed by atoms with E-state index in [0.717, 1.165) is 28.1 Å². The number of hydrogen-bond acceptors (Lipinski definition) is 3. The molecule has 2 fully saturated rings. The third-order valence-corrected chi connectivity index (χ3v) is 5.92. The first-order valence-corrected chi connectivity index (χ1v) is 8.74. The van der Waals surface area contributed by atoms with Crippen LogP contribution in [0.1, 0.15) is 24.8 Å². The van der Waals surface area contributed by atoms with Crippen molar-refractivity contribution in [2.75, 3.05) is 20.1 Å². The molecule has 3 nitrogen and oxygen atoms in total. The highest BCUT2D eigenvalue weighted by Gasteiger charge is 2.34. The summed E-state index contributed by atoms with van der Waals surface area (Å²) in [6, 6.07) is 5.54. The molecule has 0 spiro atoms. The van der Waals surface area contributed by atoms with E-state index in [-0.39, 0.29) is 5.75 Å². The molecule has 1 aromatic rings. The lowest BCUT2D eigenvalue weighted by atomic mass is 10.1. The van der Waals surface area contributed by atoms with Gasteiger partial charge in [-0.05, 0) is 75.9 Å². The molecule has 20 heavy (non-hydrogen) atoms. The first kappa shape index (κ1) is 14.8. The lowest BCUT2D eigenvalue weighted by Gasteiger charge is -2.25. The van der Waals surface area contributed by atoms with Gasteiger partial charge in [-0.15, -0.1) is 0 Å². The van der Waals surface area contributed by atoms with Crippen LogP contribution in [0.5, 0.6) is 5.75 Å². The molecule has 1 aromatic carbocycles. The lowest BCUT2D eigenvalue weighted by molar-refractivity contribution is 0.214. The van der Waals surface area contributed by atoms with Crippen LogP contribution in [0.25, 0.3) is 0 Å². The van der Waals surface area contributed by atoms with E-state index >= 15 is 0 Å². The van der Waals surface area contributed by atoms with Crippen molar-refractivity contribution in [2.24, 2.45) is 0 Å². The van der Waals surface area contributed by atoms with Crippen molar-refractivity contribution < 1.29 is 5.11 Å².